The van der Waals surface area contributed by atoms with Gasteiger partial charge in [-0.3, -0.25) is 4.79 Å². The smallest absolute Gasteiger partial charge is 0.343 e. The number of hydrogen-bond acceptors (Lipinski definition) is 4. The summed E-state index contributed by atoms with van der Waals surface area (Å²) in [6, 6.07) is 8.51. The lowest BCUT2D eigenvalue weighted by molar-refractivity contribution is -0.389. The van der Waals surface area contributed by atoms with Gasteiger partial charge in [0.2, 0.25) is 0 Å². The van der Waals surface area contributed by atoms with Gasteiger partial charge in [-0.1, -0.05) is 31.1 Å². The molecule has 1 aromatic carbocycles. The Morgan fingerprint density at radius 2 is 2.00 bits per heavy atom. The molecule has 0 aliphatic rings. The molecular formula is C13H14N4O3. The molecule has 1 amide bonds. The Kier molecular flexibility index (Phi) is 3.79. The SMILES string of the molecule is CC(C)c1ccc(NC(=O)c2cc([N+](=O)[O-])[nH]n2)cc1. The fraction of sp³-hybridized carbons (Fsp3) is 0.231. The number of benzene rings is 1. The normalized spacial score (nSPS) is 10.6. The number of aromatic nitrogens is 2. The van der Waals surface area contributed by atoms with Crippen LogP contribution in [0.5, 0.6) is 0 Å². The number of H-pyrrole nitrogens is 1. The molecule has 0 fully saturated rings. The lowest BCUT2D eigenvalue weighted by Crippen LogP contribution is -2.12. The number of rotatable bonds is 4. The molecule has 0 radical (unpaired) electrons. The Balaban J connectivity index is 2.08. The summed E-state index contributed by atoms with van der Waals surface area (Å²) in [5, 5.41) is 18.9. The third-order valence-corrected chi connectivity index (χ3v) is 2.83. The van der Waals surface area contributed by atoms with Crippen molar-refractivity contribution in [2.75, 3.05) is 5.32 Å². The minimum Gasteiger partial charge on any atom is -0.358 e. The first-order valence-electron chi connectivity index (χ1n) is 6.08. The Hall–Kier alpha value is -2.70. The van der Waals surface area contributed by atoms with Crippen molar-refractivity contribution in [3.05, 3.63) is 51.7 Å². The summed E-state index contributed by atoms with van der Waals surface area (Å²) in [6.07, 6.45) is 0. The average molecular weight is 274 g/mol. The quantitative estimate of drug-likeness (QED) is 0.661. The summed E-state index contributed by atoms with van der Waals surface area (Å²) in [7, 11) is 0. The minimum atomic E-state index is -0.638. The fourth-order valence-electron chi connectivity index (χ4n) is 1.67. The number of anilines is 1. The third kappa shape index (κ3) is 3.00. The van der Waals surface area contributed by atoms with E-state index in [0.29, 0.717) is 11.6 Å². The molecule has 0 spiro atoms. The molecule has 1 aromatic heterocycles. The summed E-state index contributed by atoms with van der Waals surface area (Å²) in [5.41, 5.74) is 1.76. The van der Waals surface area contributed by atoms with Gasteiger partial charge in [0.05, 0.1) is 6.07 Å². The number of amides is 1. The van der Waals surface area contributed by atoms with Gasteiger partial charge in [0.15, 0.2) is 5.69 Å². The number of nitro groups is 1. The summed E-state index contributed by atoms with van der Waals surface area (Å²) >= 11 is 0. The third-order valence-electron chi connectivity index (χ3n) is 2.83. The van der Waals surface area contributed by atoms with Gasteiger partial charge < -0.3 is 15.4 Å². The van der Waals surface area contributed by atoms with E-state index in [9.17, 15) is 14.9 Å². The lowest BCUT2D eigenvalue weighted by atomic mass is 10.0. The Labute approximate surface area is 115 Å². The van der Waals surface area contributed by atoms with Crippen LogP contribution < -0.4 is 5.32 Å². The van der Waals surface area contributed by atoms with Crippen molar-refractivity contribution in [3.63, 3.8) is 0 Å². The highest BCUT2D eigenvalue weighted by Crippen LogP contribution is 2.18. The summed E-state index contributed by atoms with van der Waals surface area (Å²) in [5.74, 6) is -0.398. The molecule has 1 heterocycles. The van der Waals surface area contributed by atoms with Crippen molar-refractivity contribution in [1.29, 1.82) is 0 Å². The largest absolute Gasteiger partial charge is 0.358 e. The van der Waals surface area contributed by atoms with Crippen LogP contribution in [0.25, 0.3) is 0 Å². The van der Waals surface area contributed by atoms with Crippen LogP contribution in [0, 0.1) is 10.1 Å². The van der Waals surface area contributed by atoms with Crippen molar-refractivity contribution in [1.82, 2.24) is 10.2 Å². The molecule has 7 heteroatoms. The fourth-order valence-corrected chi connectivity index (χ4v) is 1.67. The number of aromatic amines is 1. The molecule has 2 N–H and O–H groups in total. The number of hydrogen-bond donors (Lipinski definition) is 2. The second-order valence-electron chi connectivity index (χ2n) is 4.63. The van der Waals surface area contributed by atoms with Crippen molar-refractivity contribution in [3.8, 4) is 0 Å². The zero-order chi connectivity index (χ0) is 14.7. The number of carbonyl (C=O) groups is 1. The van der Waals surface area contributed by atoms with Crippen LogP contribution >= 0.6 is 0 Å². The zero-order valence-corrected chi connectivity index (χ0v) is 11.1. The van der Waals surface area contributed by atoms with E-state index in [-0.39, 0.29) is 11.5 Å². The highest BCUT2D eigenvalue weighted by Gasteiger charge is 2.16. The van der Waals surface area contributed by atoms with Crippen molar-refractivity contribution in [2.45, 2.75) is 19.8 Å². The first kappa shape index (κ1) is 13.7. The van der Waals surface area contributed by atoms with E-state index in [2.05, 4.69) is 29.4 Å². The van der Waals surface area contributed by atoms with Crippen LogP contribution in [0.4, 0.5) is 11.5 Å². The molecule has 0 saturated carbocycles. The Bertz CT molecular complexity index is 631. The van der Waals surface area contributed by atoms with E-state index in [1.807, 2.05) is 12.1 Å². The molecule has 0 aliphatic heterocycles. The average Bonchev–Trinajstić information content (AvgIpc) is 2.89. The van der Waals surface area contributed by atoms with Crippen molar-refractivity contribution >= 4 is 17.4 Å². The molecule has 0 atom stereocenters. The Morgan fingerprint density at radius 3 is 2.50 bits per heavy atom. The summed E-state index contributed by atoms with van der Waals surface area (Å²) < 4.78 is 0. The van der Waals surface area contributed by atoms with Crippen LogP contribution in [0.15, 0.2) is 30.3 Å². The molecule has 0 saturated heterocycles. The molecule has 0 unspecified atom stereocenters. The van der Waals surface area contributed by atoms with E-state index < -0.39 is 10.8 Å². The predicted molar refractivity (Wildman–Crippen MR) is 73.7 cm³/mol. The zero-order valence-electron chi connectivity index (χ0n) is 11.1. The van der Waals surface area contributed by atoms with Gasteiger partial charge in [0.25, 0.3) is 5.91 Å². The summed E-state index contributed by atoms with van der Waals surface area (Å²) in [6.45, 7) is 4.16. The van der Waals surface area contributed by atoms with E-state index >= 15 is 0 Å². The van der Waals surface area contributed by atoms with E-state index in [1.54, 1.807) is 12.1 Å². The van der Waals surface area contributed by atoms with Gasteiger partial charge in [-0.15, -0.1) is 5.10 Å². The molecule has 0 aliphatic carbocycles. The molecule has 20 heavy (non-hydrogen) atoms. The molecule has 2 rings (SSSR count). The van der Waals surface area contributed by atoms with Crippen LogP contribution in [0.2, 0.25) is 0 Å². The highest BCUT2D eigenvalue weighted by molar-refractivity contribution is 6.03. The first-order valence-corrected chi connectivity index (χ1v) is 6.08. The number of carbonyl (C=O) groups excluding carboxylic acids is 1. The van der Waals surface area contributed by atoms with Gasteiger partial charge >= 0.3 is 5.82 Å². The molecule has 104 valence electrons. The maximum Gasteiger partial charge on any atom is 0.343 e. The monoisotopic (exact) mass is 274 g/mol. The predicted octanol–water partition coefficient (Wildman–Crippen LogP) is 2.69. The van der Waals surface area contributed by atoms with Crippen molar-refractivity contribution in [2.24, 2.45) is 0 Å². The maximum absolute atomic E-state index is 11.9. The standard InChI is InChI=1S/C13H14N4O3/c1-8(2)9-3-5-10(6-4-9)14-13(18)11-7-12(16-15-11)17(19)20/h3-8H,1-2H3,(H,14,18)(H,15,16). The Morgan fingerprint density at radius 1 is 1.35 bits per heavy atom. The maximum atomic E-state index is 11.9. The van der Waals surface area contributed by atoms with Gasteiger partial charge in [0, 0.05) is 5.69 Å². The topological polar surface area (TPSA) is 101 Å². The van der Waals surface area contributed by atoms with E-state index in [0.717, 1.165) is 6.07 Å². The second-order valence-corrected chi connectivity index (χ2v) is 4.63. The highest BCUT2D eigenvalue weighted by atomic mass is 16.6. The van der Waals surface area contributed by atoms with Crippen LogP contribution in [-0.4, -0.2) is 21.0 Å². The molecule has 0 bridgehead atoms. The second kappa shape index (κ2) is 5.52. The lowest BCUT2D eigenvalue weighted by Gasteiger charge is -2.07. The van der Waals surface area contributed by atoms with Gasteiger partial charge in [0.1, 0.15) is 0 Å². The molecule has 7 nitrogen and oxygen atoms in total. The van der Waals surface area contributed by atoms with Crippen LogP contribution in [0.3, 0.4) is 0 Å². The first-order chi connectivity index (χ1) is 9.47. The molecule has 2 aromatic rings. The van der Waals surface area contributed by atoms with E-state index in [1.165, 1.54) is 5.56 Å². The van der Waals surface area contributed by atoms with Crippen molar-refractivity contribution < 1.29 is 9.72 Å². The number of nitrogens with zero attached hydrogens (tertiary/aromatic N) is 2. The minimum absolute atomic E-state index is 0.0235. The summed E-state index contributed by atoms with van der Waals surface area (Å²) in [4.78, 5) is 21.7. The van der Waals surface area contributed by atoms with Crippen LogP contribution in [-0.2, 0) is 0 Å². The number of nitrogens with one attached hydrogen (secondary N) is 2. The van der Waals surface area contributed by atoms with Gasteiger partial charge in [-0.25, -0.2) is 0 Å². The van der Waals surface area contributed by atoms with E-state index in [4.69, 9.17) is 0 Å². The van der Waals surface area contributed by atoms with Gasteiger partial charge in [-0.2, -0.15) is 0 Å². The van der Waals surface area contributed by atoms with Crippen LogP contribution in [0.1, 0.15) is 35.8 Å². The molecular weight excluding hydrogens is 260 g/mol. The van der Waals surface area contributed by atoms with Gasteiger partial charge in [-0.05, 0) is 28.5 Å².